The highest BCUT2D eigenvalue weighted by Crippen LogP contribution is 2.13. The Kier molecular flexibility index (Phi) is 7.96. The standard InChI is InChI=1S/C21H23N5O4/c1-13-4-3-5-18(14(13)2)21(30)23-11-15-6-8-16(9-7-15)20(29)25-17(10-19(27)28)12-24-26-22/h3-9,17H,10-12H2,1-2H3,(H,23,30)(H,25,29)(H,27,28)/t17-/m0/s1. The van der Waals surface area contributed by atoms with E-state index in [0.717, 1.165) is 16.7 Å². The third-order valence-electron chi connectivity index (χ3n) is 4.64. The lowest BCUT2D eigenvalue weighted by molar-refractivity contribution is -0.137. The fourth-order valence-corrected chi connectivity index (χ4v) is 2.82. The van der Waals surface area contributed by atoms with Gasteiger partial charge in [0, 0.05) is 35.2 Å². The van der Waals surface area contributed by atoms with Gasteiger partial charge in [0.15, 0.2) is 0 Å². The number of hydrogen-bond donors (Lipinski definition) is 3. The predicted octanol–water partition coefficient (Wildman–Crippen LogP) is 3.12. The van der Waals surface area contributed by atoms with Gasteiger partial charge in [0.05, 0.1) is 6.42 Å². The van der Waals surface area contributed by atoms with Crippen molar-refractivity contribution >= 4 is 17.8 Å². The number of hydrogen-bond acceptors (Lipinski definition) is 4. The van der Waals surface area contributed by atoms with Crippen LogP contribution in [0.5, 0.6) is 0 Å². The van der Waals surface area contributed by atoms with Gasteiger partial charge in [-0.3, -0.25) is 14.4 Å². The van der Waals surface area contributed by atoms with E-state index in [-0.39, 0.29) is 18.9 Å². The Balaban J connectivity index is 1.97. The Bertz CT molecular complexity index is 977. The van der Waals surface area contributed by atoms with Gasteiger partial charge in [0.2, 0.25) is 0 Å². The number of carboxylic acid groups (broad SMARTS) is 1. The van der Waals surface area contributed by atoms with E-state index < -0.39 is 17.9 Å². The van der Waals surface area contributed by atoms with Crippen LogP contribution in [0.4, 0.5) is 0 Å². The van der Waals surface area contributed by atoms with Gasteiger partial charge in [-0.2, -0.15) is 0 Å². The molecule has 0 aliphatic rings. The molecule has 0 aliphatic carbocycles. The molecule has 0 saturated carbocycles. The number of nitrogens with one attached hydrogen (secondary N) is 2. The number of amides is 2. The number of aryl methyl sites for hydroxylation is 1. The van der Waals surface area contributed by atoms with Gasteiger partial charge in [0.25, 0.3) is 11.8 Å². The molecule has 0 bridgehead atoms. The fourth-order valence-electron chi connectivity index (χ4n) is 2.82. The normalized spacial score (nSPS) is 11.1. The molecule has 0 unspecified atom stereocenters. The molecule has 0 heterocycles. The summed E-state index contributed by atoms with van der Waals surface area (Å²) in [5.41, 5.74) is 12.1. The van der Waals surface area contributed by atoms with Crippen LogP contribution < -0.4 is 10.6 Å². The lowest BCUT2D eigenvalue weighted by Crippen LogP contribution is -2.38. The van der Waals surface area contributed by atoms with Crippen molar-refractivity contribution in [3.8, 4) is 0 Å². The Labute approximate surface area is 173 Å². The van der Waals surface area contributed by atoms with Gasteiger partial charge >= 0.3 is 5.97 Å². The highest BCUT2D eigenvalue weighted by Gasteiger charge is 2.16. The maximum atomic E-state index is 12.4. The second-order valence-corrected chi connectivity index (χ2v) is 6.81. The van der Waals surface area contributed by atoms with E-state index in [9.17, 15) is 14.4 Å². The third-order valence-corrected chi connectivity index (χ3v) is 4.64. The second kappa shape index (κ2) is 10.6. The fraction of sp³-hybridized carbons (Fsp3) is 0.286. The molecular weight excluding hydrogens is 386 g/mol. The second-order valence-electron chi connectivity index (χ2n) is 6.81. The van der Waals surface area contributed by atoms with Crippen molar-refractivity contribution in [1.82, 2.24) is 10.6 Å². The van der Waals surface area contributed by atoms with Crippen LogP contribution in [-0.2, 0) is 11.3 Å². The number of azide groups is 1. The van der Waals surface area contributed by atoms with Crippen LogP contribution in [0.3, 0.4) is 0 Å². The van der Waals surface area contributed by atoms with Crippen molar-refractivity contribution < 1.29 is 19.5 Å². The van der Waals surface area contributed by atoms with Crippen LogP contribution in [0.25, 0.3) is 10.4 Å². The van der Waals surface area contributed by atoms with Gasteiger partial charge in [-0.1, -0.05) is 29.4 Å². The van der Waals surface area contributed by atoms with Crippen molar-refractivity contribution in [2.45, 2.75) is 32.9 Å². The molecule has 1 atom stereocenters. The van der Waals surface area contributed by atoms with E-state index in [4.69, 9.17) is 10.6 Å². The Morgan fingerprint density at radius 3 is 2.43 bits per heavy atom. The first-order chi connectivity index (χ1) is 14.3. The Morgan fingerprint density at radius 1 is 1.10 bits per heavy atom. The highest BCUT2D eigenvalue weighted by atomic mass is 16.4. The first-order valence-electron chi connectivity index (χ1n) is 9.28. The van der Waals surface area contributed by atoms with Crippen molar-refractivity contribution in [2.75, 3.05) is 6.54 Å². The van der Waals surface area contributed by atoms with Crippen LogP contribution in [0.15, 0.2) is 47.6 Å². The lowest BCUT2D eigenvalue weighted by atomic mass is 10.0. The topological polar surface area (TPSA) is 144 Å². The molecule has 2 aromatic carbocycles. The van der Waals surface area contributed by atoms with Crippen molar-refractivity contribution in [2.24, 2.45) is 5.11 Å². The molecule has 9 nitrogen and oxygen atoms in total. The van der Waals surface area contributed by atoms with Crippen molar-refractivity contribution in [1.29, 1.82) is 0 Å². The first kappa shape index (κ1) is 22.4. The summed E-state index contributed by atoms with van der Waals surface area (Å²) in [4.78, 5) is 38.2. The van der Waals surface area contributed by atoms with Gasteiger partial charge < -0.3 is 15.7 Å². The van der Waals surface area contributed by atoms with E-state index in [1.165, 1.54) is 0 Å². The molecule has 0 saturated heterocycles. The van der Waals surface area contributed by atoms with Crippen LogP contribution in [-0.4, -0.2) is 35.5 Å². The SMILES string of the molecule is Cc1cccc(C(=O)NCc2ccc(C(=O)N[C@H](CN=[N+]=[N-])CC(=O)O)cc2)c1C. The molecule has 0 aromatic heterocycles. The molecule has 0 spiro atoms. The average molecular weight is 409 g/mol. The summed E-state index contributed by atoms with van der Waals surface area (Å²) >= 11 is 0. The summed E-state index contributed by atoms with van der Waals surface area (Å²) in [6, 6.07) is 11.3. The van der Waals surface area contributed by atoms with Gasteiger partial charge in [0.1, 0.15) is 0 Å². The number of carbonyl (C=O) groups is 3. The maximum absolute atomic E-state index is 12.4. The van der Waals surface area contributed by atoms with E-state index in [1.54, 1.807) is 30.3 Å². The van der Waals surface area contributed by atoms with E-state index in [2.05, 4.69) is 20.7 Å². The smallest absolute Gasteiger partial charge is 0.305 e. The van der Waals surface area contributed by atoms with E-state index in [1.807, 2.05) is 26.0 Å². The summed E-state index contributed by atoms with van der Waals surface area (Å²) < 4.78 is 0. The van der Waals surface area contributed by atoms with E-state index >= 15 is 0 Å². The van der Waals surface area contributed by atoms with Gasteiger partial charge in [-0.05, 0) is 54.3 Å². The number of rotatable bonds is 9. The molecule has 0 aliphatic heterocycles. The average Bonchev–Trinajstić information content (AvgIpc) is 2.72. The maximum Gasteiger partial charge on any atom is 0.305 e. The highest BCUT2D eigenvalue weighted by molar-refractivity contribution is 5.96. The molecule has 30 heavy (non-hydrogen) atoms. The summed E-state index contributed by atoms with van der Waals surface area (Å²) in [5, 5.41) is 17.6. The largest absolute Gasteiger partial charge is 0.481 e. The Hall–Kier alpha value is -3.84. The number of benzene rings is 2. The number of carboxylic acids is 1. The van der Waals surface area contributed by atoms with Crippen LogP contribution in [0.1, 0.15) is 43.8 Å². The first-order valence-corrected chi connectivity index (χ1v) is 9.28. The molecular formula is C21H23N5O4. The molecule has 0 fully saturated rings. The summed E-state index contributed by atoms with van der Waals surface area (Å²) in [6.07, 6.45) is -0.354. The van der Waals surface area contributed by atoms with Gasteiger partial charge in [-0.15, -0.1) is 0 Å². The number of aliphatic carboxylic acids is 1. The summed E-state index contributed by atoms with van der Waals surface area (Å²) in [6.45, 7) is 3.99. The van der Waals surface area contributed by atoms with Crippen LogP contribution in [0.2, 0.25) is 0 Å². The molecule has 2 aromatic rings. The minimum Gasteiger partial charge on any atom is -0.481 e. The third kappa shape index (κ3) is 6.35. The predicted molar refractivity (Wildman–Crippen MR) is 111 cm³/mol. The minimum atomic E-state index is -1.11. The summed E-state index contributed by atoms with van der Waals surface area (Å²) in [7, 11) is 0. The van der Waals surface area contributed by atoms with Crippen LogP contribution >= 0.6 is 0 Å². The molecule has 9 heteroatoms. The van der Waals surface area contributed by atoms with Crippen molar-refractivity contribution in [3.05, 3.63) is 80.7 Å². The van der Waals surface area contributed by atoms with Crippen LogP contribution in [0, 0.1) is 13.8 Å². The van der Waals surface area contributed by atoms with E-state index in [0.29, 0.717) is 17.7 Å². The molecule has 3 N–H and O–H groups in total. The van der Waals surface area contributed by atoms with Gasteiger partial charge in [-0.25, -0.2) is 0 Å². The lowest BCUT2D eigenvalue weighted by Gasteiger charge is -2.15. The molecule has 2 rings (SSSR count). The zero-order valence-corrected chi connectivity index (χ0v) is 16.8. The molecule has 0 radical (unpaired) electrons. The summed E-state index contributed by atoms with van der Waals surface area (Å²) in [5.74, 6) is -1.75. The zero-order valence-electron chi connectivity index (χ0n) is 16.8. The molecule has 2 amide bonds. The van der Waals surface area contributed by atoms with Crippen molar-refractivity contribution in [3.63, 3.8) is 0 Å². The number of nitrogens with zero attached hydrogens (tertiary/aromatic N) is 3. The monoisotopic (exact) mass is 409 g/mol. The number of carbonyl (C=O) groups excluding carboxylic acids is 2. The zero-order chi connectivity index (χ0) is 22.1. The quantitative estimate of drug-likeness (QED) is 0.332. The minimum absolute atomic E-state index is 0.156. The Morgan fingerprint density at radius 2 is 1.80 bits per heavy atom. The molecule has 156 valence electrons.